The Morgan fingerprint density at radius 3 is 1.59 bits per heavy atom. The molecule has 32 heavy (non-hydrogen) atoms. The minimum absolute atomic E-state index is 0.0364. The van der Waals surface area contributed by atoms with E-state index in [0.717, 1.165) is 28.6 Å². The van der Waals surface area contributed by atoms with Crippen LogP contribution in [0.2, 0.25) is 0 Å². The van der Waals surface area contributed by atoms with Gasteiger partial charge in [0.2, 0.25) is 30.1 Å². The number of ether oxygens (including phenoxy) is 2. The molecule has 174 valence electrons. The molecule has 0 spiro atoms. The fourth-order valence-corrected chi connectivity index (χ4v) is 6.81. The Kier molecular flexibility index (Phi) is 5.94. The van der Waals surface area contributed by atoms with Crippen molar-refractivity contribution in [3.05, 3.63) is 42.5 Å². The highest BCUT2D eigenvalue weighted by molar-refractivity contribution is 7.90. The molecule has 0 atom stereocenters. The third kappa shape index (κ3) is 4.33. The molecule has 1 fully saturated rings. The second kappa shape index (κ2) is 8.28. The summed E-state index contributed by atoms with van der Waals surface area (Å²) in [5.41, 5.74) is 0. The van der Waals surface area contributed by atoms with E-state index >= 15 is 0 Å². The van der Waals surface area contributed by atoms with Gasteiger partial charge in [0.05, 0.1) is 14.7 Å². The van der Waals surface area contributed by atoms with Crippen LogP contribution in [-0.4, -0.2) is 73.3 Å². The van der Waals surface area contributed by atoms with Crippen LogP contribution in [0.15, 0.2) is 57.2 Å². The lowest BCUT2D eigenvalue weighted by molar-refractivity contribution is 0.171. The Morgan fingerprint density at radius 2 is 1.06 bits per heavy atom. The van der Waals surface area contributed by atoms with Gasteiger partial charge in [-0.3, -0.25) is 0 Å². The molecule has 2 aliphatic heterocycles. The molecule has 2 aliphatic rings. The number of primary sulfonamides is 1. The van der Waals surface area contributed by atoms with E-state index in [1.165, 1.54) is 22.5 Å². The zero-order valence-corrected chi connectivity index (χ0v) is 19.2. The molecular formula is C18H21N3O8S3. The van der Waals surface area contributed by atoms with Crippen LogP contribution in [0.4, 0.5) is 0 Å². The summed E-state index contributed by atoms with van der Waals surface area (Å²) < 4.78 is 87.8. The van der Waals surface area contributed by atoms with Crippen molar-refractivity contribution in [2.24, 2.45) is 5.14 Å². The largest absolute Gasteiger partial charge is 0.486 e. The van der Waals surface area contributed by atoms with Crippen LogP contribution in [-0.2, 0) is 30.1 Å². The van der Waals surface area contributed by atoms with Crippen molar-refractivity contribution in [2.75, 3.05) is 39.4 Å². The molecule has 2 aromatic carbocycles. The molecule has 1 saturated heterocycles. The predicted molar refractivity (Wildman–Crippen MR) is 113 cm³/mol. The molecule has 0 aromatic heterocycles. The van der Waals surface area contributed by atoms with Gasteiger partial charge in [-0.1, -0.05) is 0 Å². The molecular weight excluding hydrogens is 482 g/mol. The van der Waals surface area contributed by atoms with Crippen molar-refractivity contribution < 1.29 is 34.7 Å². The van der Waals surface area contributed by atoms with Crippen molar-refractivity contribution in [2.45, 2.75) is 14.7 Å². The zero-order valence-electron chi connectivity index (χ0n) is 16.7. The average molecular weight is 504 g/mol. The molecule has 0 radical (unpaired) electrons. The Labute approximate surface area is 186 Å². The minimum Gasteiger partial charge on any atom is -0.486 e. The van der Waals surface area contributed by atoms with Crippen molar-refractivity contribution in [1.82, 2.24) is 8.61 Å². The summed E-state index contributed by atoms with van der Waals surface area (Å²) in [6.45, 7) is 0.536. The summed E-state index contributed by atoms with van der Waals surface area (Å²) >= 11 is 0. The van der Waals surface area contributed by atoms with E-state index < -0.39 is 30.1 Å². The second-order valence-electron chi connectivity index (χ2n) is 7.13. The van der Waals surface area contributed by atoms with Crippen LogP contribution >= 0.6 is 0 Å². The van der Waals surface area contributed by atoms with Gasteiger partial charge in [0.15, 0.2) is 11.5 Å². The second-order valence-corrected chi connectivity index (χ2v) is 12.6. The number of sulfonamides is 3. The summed E-state index contributed by atoms with van der Waals surface area (Å²) in [6, 6.07) is 8.92. The van der Waals surface area contributed by atoms with Crippen molar-refractivity contribution >= 4 is 30.1 Å². The van der Waals surface area contributed by atoms with Gasteiger partial charge >= 0.3 is 0 Å². The minimum atomic E-state index is -3.94. The average Bonchev–Trinajstić information content (AvgIpc) is 2.78. The van der Waals surface area contributed by atoms with Crippen LogP contribution in [0.5, 0.6) is 11.5 Å². The lowest BCUT2D eigenvalue weighted by Crippen LogP contribution is -2.50. The Hall–Kier alpha value is -2.23. The van der Waals surface area contributed by atoms with Crippen LogP contribution < -0.4 is 14.6 Å². The standard InChI is InChI=1S/C18H21N3O8S3/c19-30(22,23)14-1-3-15(4-2-14)31(24,25)20-7-9-21(10-8-20)32(26,27)16-5-6-17-18(13-16)29-12-11-28-17/h1-6,13H,7-12H2,(H2,19,22,23). The van der Waals surface area contributed by atoms with Gasteiger partial charge in [-0.2, -0.15) is 8.61 Å². The fourth-order valence-electron chi connectivity index (χ4n) is 3.43. The van der Waals surface area contributed by atoms with E-state index in [2.05, 4.69) is 0 Å². The van der Waals surface area contributed by atoms with Gasteiger partial charge in [-0.25, -0.2) is 30.4 Å². The molecule has 14 heteroatoms. The molecule has 0 amide bonds. The van der Waals surface area contributed by atoms with Gasteiger partial charge in [0.1, 0.15) is 13.2 Å². The van der Waals surface area contributed by atoms with Crippen LogP contribution in [0.25, 0.3) is 0 Å². The number of hydrogen-bond acceptors (Lipinski definition) is 8. The number of benzene rings is 2. The van der Waals surface area contributed by atoms with E-state index in [1.54, 1.807) is 0 Å². The predicted octanol–water partition coefficient (Wildman–Crippen LogP) is -0.200. The SMILES string of the molecule is NS(=O)(=O)c1ccc(S(=O)(=O)N2CCN(S(=O)(=O)c3ccc4c(c3)OCCO4)CC2)cc1. The molecule has 11 nitrogen and oxygen atoms in total. The maximum Gasteiger partial charge on any atom is 0.243 e. The van der Waals surface area contributed by atoms with Crippen molar-refractivity contribution in [3.8, 4) is 11.5 Å². The summed E-state index contributed by atoms with van der Waals surface area (Å²) in [5, 5.41) is 5.04. The molecule has 4 rings (SSSR count). The first-order valence-electron chi connectivity index (χ1n) is 9.52. The first kappa shape index (κ1) is 22.9. The monoisotopic (exact) mass is 503 g/mol. The lowest BCUT2D eigenvalue weighted by Gasteiger charge is -2.33. The summed E-state index contributed by atoms with van der Waals surface area (Å²) in [6.07, 6.45) is 0. The van der Waals surface area contributed by atoms with Crippen molar-refractivity contribution in [3.63, 3.8) is 0 Å². The van der Waals surface area contributed by atoms with E-state index in [1.807, 2.05) is 0 Å². The number of piperazine rings is 1. The van der Waals surface area contributed by atoms with Gasteiger partial charge in [0, 0.05) is 32.2 Å². The van der Waals surface area contributed by atoms with Crippen LogP contribution in [0.1, 0.15) is 0 Å². The zero-order chi connectivity index (χ0) is 23.1. The smallest absolute Gasteiger partial charge is 0.243 e. The maximum absolute atomic E-state index is 13.0. The number of rotatable bonds is 5. The molecule has 0 saturated carbocycles. The van der Waals surface area contributed by atoms with Crippen LogP contribution in [0, 0.1) is 0 Å². The van der Waals surface area contributed by atoms with Gasteiger partial charge in [-0.05, 0) is 36.4 Å². The van der Waals surface area contributed by atoms with Crippen molar-refractivity contribution in [1.29, 1.82) is 0 Å². The van der Waals surface area contributed by atoms with Crippen LogP contribution in [0.3, 0.4) is 0 Å². The third-order valence-corrected chi connectivity index (χ3v) is 9.88. The molecule has 0 bridgehead atoms. The fraction of sp³-hybridized carbons (Fsp3) is 0.333. The number of nitrogens with two attached hydrogens (primary N) is 1. The topological polar surface area (TPSA) is 153 Å². The summed E-state index contributed by atoms with van der Waals surface area (Å²) in [5.74, 6) is 0.820. The molecule has 2 N–H and O–H groups in total. The number of hydrogen-bond donors (Lipinski definition) is 1. The lowest BCUT2D eigenvalue weighted by atomic mass is 10.3. The first-order chi connectivity index (χ1) is 15.0. The Morgan fingerprint density at radius 1 is 0.625 bits per heavy atom. The van der Waals surface area contributed by atoms with Gasteiger partial charge in [0.25, 0.3) is 0 Å². The Balaban J connectivity index is 1.48. The highest BCUT2D eigenvalue weighted by Crippen LogP contribution is 2.33. The summed E-state index contributed by atoms with van der Waals surface area (Å²) in [7, 11) is -11.7. The molecule has 2 aromatic rings. The van der Waals surface area contributed by atoms with E-state index in [9.17, 15) is 25.3 Å². The number of nitrogens with zero attached hydrogens (tertiary/aromatic N) is 2. The van der Waals surface area contributed by atoms with E-state index in [0.29, 0.717) is 24.7 Å². The van der Waals surface area contributed by atoms with E-state index in [4.69, 9.17) is 14.6 Å². The first-order valence-corrected chi connectivity index (χ1v) is 13.9. The quantitative estimate of drug-likeness (QED) is 0.589. The normalized spacial score (nSPS) is 18.4. The van der Waals surface area contributed by atoms with Gasteiger partial charge < -0.3 is 9.47 Å². The highest BCUT2D eigenvalue weighted by Gasteiger charge is 2.34. The summed E-state index contributed by atoms with van der Waals surface area (Å²) in [4.78, 5) is -0.267. The third-order valence-electron chi connectivity index (χ3n) is 5.14. The highest BCUT2D eigenvalue weighted by atomic mass is 32.2. The molecule has 0 unspecified atom stereocenters. The maximum atomic E-state index is 13.0. The van der Waals surface area contributed by atoms with Gasteiger partial charge in [-0.15, -0.1) is 0 Å². The molecule has 0 aliphatic carbocycles. The Bertz CT molecular complexity index is 1330. The molecule has 2 heterocycles. The number of fused-ring (bicyclic) bond motifs is 1. The van der Waals surface area contributed by atoms with E-state index in [-0.39, 0.29) is 40.9 Å².